The van der Waals surface area contributed by atoms with E-state index >= 15 is 0 Å². The van der Waals surface area contributed by atoms with E-state index in [0.717, 1.165) is 22.4 Å². The number of hydrogen-bond donors (Lipinski definition) is 0. The van der Waals surface area contributed by atoms with Gasteiger partial charge in [0.25, 0.3) is 0 Å². The van der Waals surface area contributed by atoms with Crippen LogP contribution in [0.5, 0.6) is 0 Å². The van der Waals surface area contributed by atoms with E-state index in [4.69, 9.17) is 11.6 Å². The predicted molar refractivity (Wildman–Crippen MR) is 136 cm³/mol. The zero-order valence-corrected chi connectivity index (χ0v) is 20.9. The van der Waals surface area contributed by atoms with Gasteiger partial charge in [-0.1, -0.05) is 53.3 Å². The van der Waals surface area contributed by atoms with E-state index in [0.29, 0.717) is 28.5 Å². The molecule has 0 spiro atoms. The Morgan fingerprint density at radius 1 is 1.11 bits per heavy atom. The summed E-state index contributed by atoms with van der Waals surface area (Å²) >= 11 is 7.47. The Bertz CT molecular complexity index is 1480. The summed E-state index contributed by atoms with van der Waals surface area (Å²) in [4.78, 5) is 20.1. The van der Waals surface area contributed by atoms with Gasteiger partial charge in [-0.15, -0.1) is 0 Å². The molecule has 1 aliphatic heterocycles. The third kappa shape index (κ3) is 4.81. The van der Waals surface area contributed by atoms with Gasteiger partial charge in [-0.2, -0.15) is 4.31 Å². The third-order valence-corrected chi connectivity index (χ3v) is 9.13. The molecule has 1 aliphatic rings. The molecule has 1 unspecified atom stereocenters. The van der Waals surface area contributed by atoms with E-state index in [1.807, 2.05) is 30.3 Å². The van der Waals surface area contributed by atoms with Crippen LogP contribution in [0, 0.1) is 5.82 Å². The van der Waals surface area contributed by atoms with Crippen molar-refractivity contribution in [3.63, 3.8) is 0 Å². The lowest BCUT2D eigenvalue weighted by Crippen LogP contribution is -2.47. The number of carbonyl (C=O) groups excluding carboxylic acids is 1. The summed E-state index contributed by atoms with van der Waals surface area (Å²) in [6.07, 6.45) is 0.937. The van der Waals surface area contributed by atoms with Gasteiger partial charge in [-0.25, -0.2) is 17.8 Å². The maximum absolute atomic E-state index is 13.9. The molecule has 1 aromatic heterocycles. The minimum Gasteiger partial charge on any atom is -0.282 e. The molecule has 0 N–H and O–H groups in total. The Kier molecular flexibility index (Phi) is 6.59. The number of sulfonamides is 1. The lowest BCUT2D eigenvalue weighted by atomic mass is 10.1. The maximum Gasteiger partial charge on any atom is 0.247 e. The van der Waals surface area contributed by atoms with Crippen LogP contribution in [0.25, 0.3) is 10.2 Å². The molecule has 0 saturated carbocycles. The highest BCUT2D eigenvalue weighted by Gasteiger charge is 2.42. The van der Waals surface area contributed by atoms with Crippen LogP contribution in [0.3, 0.4) is 0 Å². The average Bonchev–Trinajstić information content (AvgIpc) is 3.50. The van der Waals surface area contributed by atoms with Crippen LogP contribution in [0.2, 0.25) is 5.02 Å². The second-order valence-electron chi connectivity index (χ2n) is 8.25. The van der Waals surface area contributed by atoms with Crippen molar-refractivity contribution < 1.29 is 17.6 Å². The number of nitrogens with zero attached hydrogens (tertiary/aromatic N) is 3. The van der Waals surface area contributed by atoms with Gasteiger partial charge in [0, 0.05) is 11.6 Å². The first-order valence-corrected chi connectivity index (χ1v) is 13.7. The fraction of sp³-hybridized carbons (Fsp3) is 0.200. The van der Waals surface area contributed by atoms with Crippen molar-refractivity contribution in [1.82, 2.24) is 9.29 Å². The van der Waals surface area contributed by atoms with E-state index in [1.54, 1.807) is 23.1 Å². The van der Waals surface area contributed by atoms with Crippen molar-refractivity contribution >= 4 is 54.2 Å². The predicted octanol–water partition coefficient (Wildman–Crippen LogP) is 5.48. The number of hydrogen-bond acceptors (Lipinski definition) is 5. The molecule has 10 heteroatoms. The van der Waals surface area contributed by atoms with Gasteiger partial charge < -0.3 is 0 Å². The number of carbonyl (C=O) groups is 1. The number of halogens is 2. The molecular weight excluding hydrogens is 509 g/mol. The zero-order chi connectivity index (χ0) is 24.6. The summed E-state index contributed by atoms with van der Waals surface area (Å²) in [5, 5.41) is 1.04. The molecule has 0 aliphatic carbocycles. The second-order valence-corrected chi connectivity index (χ2v) is 11.6. The van der Waals surface area contributed by atoms with Gasteiger partial charge in [-0.05, 0) is 60.9 Å². The molecule has 0 radical (unpaired) electrons. The standard InChI is InChI=1S/C25H21ClFN3O3S2/c26-18-8-13-21-23(15-18)34-25(28-21)29(16-17-5-2-1-3-6-17)24(31)22-7-4-14-30(22)35(32,33)20-11-9-19(27)10-12-20/h1-3,5-6,8-13,15,22H,4,7,14,16H2. The maximum atomic E-state index is 13.9. The topological polar surface area (TPSA) is 70.6 Å². The molecular formula is C25H21ClFN3O3S2. The average molecular weight is 530 g/mol. The van der Waals surface area contributed by atoms with Crippen LogP contribution >= 0.6 is 22.9 Å². The Hall–Kier alpha value is -2.85. The number of rotatable bonds is 6. The van der Waals surface area contributed by atoms with Crippen molar-refractivity contribution in [2.24, 2.45) is 0 Å². The number of fused-ring (bicyclic) bond motifs is 1. The first kappa shape index (κ1) is 23.9. The normalized spacial score (nSPS) is 16.6. The number of benzene rings is 3. The van der Waals surface area contributed by atoms with Crippen LogP contribution < -0.4 is 4.90 Å². The SMILES string of the molecule is O=C(C1CCCN1S(=O)(=O)c1ccc(F)cc1)N(Cc1ccccc1)c1nc2ccc(Cl)cc2s1. The van der Waals surface area contributed by atoms with E-state index < -0.39 is 21.9 Å². The minimum absolute atomic E-state index is 0.0390. The first-order valence-electron chi connectivity index (χ1n) is 11.0. The Morgan fingerprint density at radius 3 is 2.60 bits per heavy atom. The molecule has 6 nitrogen and oxygen atoms in total. The molecule has 2 heterocycles. The Labute approximate surface area is 211 Å². The monoisotopic (exact) mass is 529 g/mol. The zero-order valence-electron chi connectivity index (χ0n) is 18.5. The molecule has 0 bridgehead atoms. The Balaban J connectivity index is 1.52. The van der Waals surface area contributed by atoms with E-state index in [9.17, 15) is 17.6 Å². The third-order valence-electron chi connectivity index (χ3n) is 5.93. The van der Waals surface area contributed by atoms with E-state index in [1.165, 1.54) is 27.8 Å². The molecule has 35 heavy (non-hydrogen) atoms. The molecule has 1 amide bonds. The summed E-state index contributed by atoms with van der Waals surface area (Å²) in [5.41, 5.74) is 1.60. The van der Waals surface area contributed by atoms with Crippen LogP contribution in [-0.2, 0) is 21.4 Å². The highest BCUT2D eigenvalue weighted by Crippen LogP contribution is 2.34. The van der Waals surface area contributed by atoms with Crippen molar-refractivity contribution in [3.05, 3.63) is 89.2 Å². The smallest absolute Gasteiger partial charge is 0.247 e. The lowest BCUT2D eigenvalue weighted by Gasteiger charge is -2.28. The summed E-state index contributed by atoms with van der Waals surface area (Å²) in [6.45, 7) is 0.457. The fourth-order valence-corrected chi connectivity index (χ4v) is 7.10. The summed E-state index contributed by atoms with van der Waals surface area (Å²) in [5.74, 6) is -0.870. The lowest BCUT2D eigenvalue weighted by molar-refractivity contribution is -0.121. The largest absolute Gasteiger partial charge is 0.282 e. The molecule has 1 atom stereocenters. The van der Waals surface area contributed by atoms with Gasteiger partial charge >= 0.3 is 0 Å². The summed E-state index contributed by atoms with van der Waals surface area (Å²) < 4.78 is 42.2. The quantitative estimate of drug-likeness (QED) is 0.332. The van der Waals surface area contributed by atoms with Crippen LogP contribution in [0.4, 0.5) is 9.52 Å². The van der Waals surface area contributed by atoms with Crippen molar-refractivity contribution in [2.45, 2.75) is 30.3 Å². The summed E-state index contributed by atoms with van der Waals surface area (Å²) in [6, 6.07) is 18.6. The first-order chi connectivity index (χ1) is 16.8. The molecule has 3 aromatic carbocycles. The van der Waals surface area contributed by atoms with Gasteiger partial charge in [0.2, 0.25) is 15.9 Å². The summed E-state index contributed by atoms with van der Waals surface area (Å²) in [7, 11) is -3.98. The number of aromatic nitrogens is 1. The van der Waals surface area contributed by atoms with Crippen LogP contribution in [-0.4, -0.2) is 36.2 Å². The van der Waals surface area contributed by atoms with E-state index in [-0.39, 0.29) is 23.9 Å². The van der Waals surface area contributed by atoms with Crippen molar-refractivity contribution in [3.8, 4) is 0 Å². The Morgan fingerprint density at radius 2 is 1.86 bits per heavy atom. The highest BCUT2D eigenvalue weighted by atomic mass is 35.5. The van der Waals surface area contributed by atoms with Crippen molar-refractivity contribution in [2.75, 3.05) is 11.4 Å². The highest BCUT2D eigenvalue weighted by molar-refractivity contribution is 7.89. The fourth-order valence-electron chi connectivity index (χ4n) is 4.20. The van der Waals surface area contributed by atoms with E-state index in [2.05, 4.69) is 4.98 Å². The molecule has 180 valence electrons. The molecule has 5 rings (SSSR count). The van der Waals surface area contributed by atoms with Gasteiger partial charge in [0.05, 0.1) is 21.7 Å². The second kappa shape index (κ2) is 9.66. The van der Waals surface area contributed by atoms with Gasteiger partial charge in [0.15, 0.2) is 5.13 Å². The van der Waals surface area contributed by atoms with Gasteiger partial charge in [-0.3, -0.25) is 9.69 Å². The number of thiazole rings is 1. The molecule has 1 saturated heterocycles. The molecule has 1 fully saturated rings. The van der Waals surface area contributed by atoms with Gasteiger partial charge in [0.1, 0.15) is 11.9 Å². The number of anilines is 1. The van der Waals surface area contributed by atoms with Crippen LogP contribution in [0.15, 0.2) is 77.7 Å². The molecule has 4 aromatic rings. The van der Waals surface area contributed by atoms with Crippen molar-refractivity contribution in [1.29, 1.82) is 0 Å². The number of amides is 1. The van der Waals surface area contributed by atoms with Crippen LogP contribution in [0.1, 0.15) is 18.4 Å². The minimum atomic E-state index is -3.98.